The first kappa shape index (κ1) is 24.3. The third-order valence-corrected chi connectivity index (χ3v) is 8.53. The molecule has 3 heterocycles. The molecule has 3 aromatic heterocycles. The third kappa shape index (κ3) is 5.32. The number of aryl methyl sites for hydroxylation is 1. The molecule has 0 saturated heterocycles. The highest BCUT2D eigenvalue weighted by Crippen LogP contribution is 2.32. The Labute approximate surface area is 202 Å². The zero-order valence-corrected chi connectivity index (χ0v) is 20.0. The van der Waals surface area contributed by atoms with Gasteiger partial charge >= 0.3 is 12.0 Å². The zero-order valence-electron chi connectivity index (χ0n) is 18.3. The first-order chi connectivity index (χ1) is 16.6. The van der Waals surface area contributed by atoms with Gasteiger partial charge in [-0.15, -0.1) is 0 Å². The van der Waals surface area contributed by atoms with Gasteiger partial charge in [-0.3, -0.25) is 19.9 Å². The fourth-order valence-corrected chi connectivity index (χ4v) is 6.42. The van der Waals surface area contributed by atoms with E-state index in [1.807, 2.05) is 0 Å². The standard InChI is InChI=1S/C19H20N8O6S2/c1-27-19(24-25-26-27)35(32,33)16-13(9-14(28)29)22-18(34-16)23-17(31)21-11-6-7-20-12(8-11)15(30)10-4-2-3-5-10/h6-8,10H,2-5,9H2,1H3,(H,28,29)(H2,20,21,22,23,31). The number of rotatable bonds is 8. The minimum Gasteiger partial charge on any atom is -0.481 e. The summed E-state index contributed by atoms with van der Waals surface area (Å²) in [4.78, 5) is 44.5. The Morgan fingerprint density at radius 3 is 2.63 bits per heavy atom. The van der Waals surface area contributed by atoms with Gasteiger partial charge in [0.15, 0.2) is 15.1 Å². The van der Waals surface area contributed by atoms with Crippen LogP contribution in [-0.4, -0.2) is 61.5 Å². The van der Waals surface area contributed by atoms with Crippen molar-refractivity contribution in [2.24, 2.45) is 13.0 Å². The molecular weight excluding hydrogens is 500 g/mol. The summed E-state index contributed by atoms with van der Waals surface area (Å²) < 4.78 is 26.5. The molecule has 184 valence electrons. The molecule has 0 spiro atoms. The summed E-state index contributed by atoms with van der Waals surface area (Å²) in [7, 11) is -2.98. The van der Waals surface area contributed by atoms with Gasteiger partial charge < -0.3 is 10.4 Å². The van der Waals surface area contributed by atoms with Crippen LogP contribution in [0.25, 0.3) is 0 Å². The number of hydrogen-bond acceptors (Lipinski definition) is 11. The van der Waals surface area contributed by atoms with Crippen molar-refractivity contribution in [3.05, 3.63) is 29.7 Å². The molecule has 0 aliphatic heterocycles. The van der Waals surface area contributed by atoms with Crippen molar-refractivity contribution in [3.63, 3.8) is 0 Å². The molecule has 16 heteroatoms. The second kappa shape index (κ2) is 9.83. The molecule has 35 heavy (non-hydrogen) atoms. The number of pyridine rings is 1. The molecule has 0 unspecified atom stereocenters. The topological polar surface area (TPSA) is 199 Å². The largest absolute Gasteiger partial charge is 0.481 e. The predicted octanol–water partition coefficient (Wildman–Crippen LogP) is 1.54. The lowest BCUT2D eigenvalue weighted by Gasteiger charge is -2.09. The van der Waals surface area contributed by atoms with Crippen molar-refractivity contribution in [2.75, 3.05) is 10.6 Å². The van der Waals surface area contributed by atoms with Crippen LogP contribution in [0, 0.1) is 5.92 Å². The maximum Gasteiger partial charge on any atom is 0.325 e. The van der Waals surface area contributed by atoms with Crippen molar-refractivity contribution in [3.8, 4) is 0 Å². The Kier molecular flexibility index (Phi) is 6.83. The average Bonchev–Trinajstić information content (AvgIpc) is 3.54. The Hall–Kier alpha value is -3.79. The van der Waals surface area contributed by atoms with Gasteiger partial charge in [-0.1, -0.05) is 29.3 Å². The minimum atomic E-state index is -4.30. The first-order valence-electron chi connectivity index (χ1n) is 10.4. The summed E-state index contributed by atoms with van der Waals surface area (Å²) in [5.41, 5.74) is 0.284. The van der Waals surface area contributed by atoms with Gasteiger partial charge in [0, 0.05) is 24.8 Å². The lowest BCUT2D eigenvalue weighted by Crippen LogP contribution is -2.20. The molecule has 3 N–H and O–H groups in total. The molecule has 0 aromatic carbocycles. The molecule has 0 atom stereocenters. The monoisotopic (exact) mass is 520 g/mol. The molecule has 4 rings (SSSR count). The molecule has 1 aliphatic rings. The van der Waals surface area contributed by atoms with Gasteiger partial charge in [0.25, 0.3) is 15.0 Å². The van der Waals surface area contributed by atoms with Crippen LogP contribution in [0.15, 0.2) is 27.7 Å². The fraction of sp³-hybridized carbons (Fsp3) is 0.368. The third-order valence-electron chi connectivity index (χ3n) is 5.26. The van der Waals surface area contributed by atoms with Crippen LogP contribution in [0.2, 0.25) is 0 Å². The van der Waals surface area contributed by atoms with Gasteiger partial charge in [-0.05, 0) is 35.4 Å². The normalized spacial score (nSPS) is 14.1. The van der Waals surface area contributed by atoms with E-state index >= 15 is 0 Å². The maximum absolute atomic E-state index is 13.0. The van der Waals surface area contributed by atoms with Crippen molar-refractivity contribution in [1.29, 1.82) is 0 Å². The van der Waals surface area contributed by atoms with E-state index in [2.05, 4.69) is 36.1 Å². The van der Waals surface area contributed by atoms with E-state index in [9.17, 15) is 22.8 Å². The summed E-state index contributed by atoms with van der Waals surface area (Å²) in [5.74, 6) is -1.45. The molecule has 1 saturated carbocycles. The molecule has 0 bridgehead atoms. The Morgan fingerprint density at radius 2 is 1.97 bits per heavy atom. The summed E-state index contributed by atoms with van der Waals surface area (Å²) >= 11 is 0.569. The minimum absolute atomic E-state index is 0.0703. The molecule has 1 aliphatic carbocycles. The lowest BCUT2D eigenvalue weighted by molar-refractivity contribution is -0.136. The van der Waals surface area contributed by atoms with Gasteiger partial charge in [0.1, 0.15) is 5.69 Å². The van der Waals surface area contributed by atoms with Crippen LogP contribution in [0.5, 0.6) is 0 Å². The lowest BCUT2D eigenvalue weighted by atomic mass is 9.99. The number of hydrogen-bond donors (Lipinski definition) is 3. The second-order valence-electron chi connectivity index (χ2n) is 7.77. The predicted molar refractivity (Wildman–Crippen MR) is 121 cm³/mol. The zero-order chi connectivity index (χ0) is 25.2. The number of ketones is 1. The smallest absolute Gasteiger partial charge is 0.325 e. The quantitative estimate of drug-likeness (QED) is 0.364. The van der Waals surface area contributed by atoms with Gasteiger partial charge in [-0.25, -0.2) is 22.9 Å². The number of amides is 2. The van der Waals surface area contributed by atoms with Crippen LogP contribution in [-0.2, 0) is 28.1 Å². The number of tetrazole rings is 1. The second-order valence-corrected chi connectivity index (χ2v) is 10.8. The number of carbonyl (C=O) groups excluding carboxylic acids is 2. The molecule has 2 amide bonds. The van der Waals surface area contributed by atoms with E-state index in [0.717, 1.165) is 30.4 Å². The number of nitrogens with zero attached hydrogens (tertiary/aromatic N) is 6. The highest BCUT2D eigenvalue weighted by atomic mass is 32.2. The highest BCUT2D eigenvalue weighted by Gasteiger charge is 2.32. The Balaban J connectivity index is 1.53. The number of nitrogens with one attached hydrogen (secondary N) is 2. The Morgan fingerprint density at radius 1 is 1.23 bits per heavy atom. The summed E-state index contributed by atoms with van der Waals surface area (Å²) in [6.45, 7) is 0. The molecule has 14 nitrogen and oxygen atoms in total. The van der Waals surface area contributed by atoms with E-state index in [0.29, 0.717) is 17.0 Å². The molecular formula is C19H20N8O6S2. The number of urea groups is 1. The summed E-state index contributed by atoms with van der Waals surface area (Å²) in [6, 6.07) is 2.20. The van der Waals surface area contributed by atoms with Gasteiger partial charge in [0.05, 0.1) is 12.1 Å². The van der Waals surface area contributed by atoms with Crippen molar-refractivity contribution >= 4 is 49.8 Å². The number of carboxylic acid groups (broad SMARTS) is 1. The average molecular weight is 521 g/mol. The van der Waals surface area contributed by atoms with E-state index in [1.54, 1.807) is 0 Å². The number of carbonyl (C=O) groups is 3. The van der Waals surface area contributed by atoms with E-state index < -0.39 is 37.6 Å². The number of aliphatic carboxylic acids is 1. The van der Waals surface area contributed by atoms with Gasteiger partial charge in [0.2, 0.25) is 0 Å². The van der Waals surface area contributed by atoms with Crippen LogP contribution in [0.3, 0.4) is 0 Å². The van der Waals surface area contributed by atoms with E-state index in [1.165, 1.54) is 25.4 Å². The van der Waals surface area contributed by atoms with Crippen LogP contribution < -0.4 is 10.6 Å². The van der Waals surface area contributed by atoms with Crippen LogP contribution in [0.4, 0.5) is 15.6 Å². The molecule has 0 radical (unpaired) electrons. The number of carboxylic acids is 1. The number of thiazole rings is 1. The van der Waals surface area contributed by atoms with E-state index in [4.69, 9.17) is 5.11 Å². The van der Waals surface area contributed by atoms with Crippen molar-refractivity contribution in [2.45, 2.75) is 41.5 Å². The van der Waals surface area contributed by atoms with Crippen LogP contribution in [0.1, 0.15) is 41.9 Å². The molecule has 3 aromatic rings. The van der Waals surface area contributed by atoms with Crippen LogP contribution >= 0.6 is 11.3 Å². The summed E-state index contributed by atoms with van der Waals surface area (Å²) in [6.07, 6.45) is 4.34. The van der Waals surface area contributed by atoms with Crippen molar-refractivity contribution in [1.82, 2.24) is 30.2 Å². The van der Waals surface area contributed by atoms with Gasteiger partial charge in [-0.2, -0.15) is 0 Å². The number of sulfone groups is 1. The summed E-state index contributed by atoms with van der Waals surface area (Å²) in [5, 5.41) is 23.7. The fourth-order valence-electron chi connectivity index (χ4n) is 3.69. The highest BCUT2D eigenvalue weighted by molar-refractivity contribution is 7.93. The number of Topliss-reactive ketones (excluding diaryl/α,β-unsaturated/α-hetero) is 1. The van der Waals surface area contributed by atoms with Crippen molar-refractivity contribution < 1.29 is 27.9 Å². The van der Waals surface area contributed by atoms with E-state index in [-0.39, 0.29) is 28.2 Å². The Bertz CT molecular complexity index is 1390. The molecule has 1 fully saturated rings. The maximum atomic E-state index is 13.0. The number of aromatic nitrogens is 6. The SMILES string of the molecule is Cn1nnnc1S(=O)(=O)c1sc(NC(=O)Nc2ccnc(C(=O)C3CCCC3)c2)nc1CC(=O)O. The first-order valence-corrected chi connectivity index (χ1v) is 12.7. The number of anilines is 2.